The summed E-state index contributed by atoms with van der Waals surface area (Å²) in [6.45, 7) is 0. The van der Waals surface area contributed by atoms with Crippen molar-refractivity contribution in [1.82, 2.24) is 4.98 Å². The Balaban J connectivity index is 2.04. The summed E-state index contributed by atoms with van der Waals surface area (Å²) in [4.78, 5) is 16.3. The molecular weight excluding hydrogens is 258 g/mol. The fourth-order valence-electron chi connectivity index (χ4n) is 1.99. The number of carbonyl (C=O) groups excluding carboxylic acids is 1. The maximum absolute atomic E-state index is 12.3. The van der Waals surface area contributed by atoms with Crippen molar-refractivity contribution in [2.75, 3.05) is 0 Å². The zero-order valence-corrected chi connectivity index (χ0v) is 10.8. The van der Waals surface area contributed by atoms with E-state index < -0.39 is 0 Å². The molecule has 0 aliphatic heterocycles. The van der Waals surface area contributed by atoms with E-state index in [9.17, 15) is 4.79 Å². The third-order valence-electron chi connectivity index (χ3n) is 2.97. The molecule has 1 heterocycles. The third kappa shape index (κ3) is 2.35. The molecule has 19 heavy (non-hydrogen) atoms. The molecule has 0 saturated carbocycles. The standard InChI is InChI=1S/C16H10ClNO/c17-14-7-8-15(18-10-14)16(19)13-6-5-11-3-1-2-4-12(11)9-13/h1-10H. The minimum absolute atomic E-state index is 0.0950. The van der Waals surface area contributed by atoms with Crippen molar-refractivity contribution in [2.45, 2.75) is 0 Å². The highest BCUT2D eigenvalue weighted by molar-refractivity contribution is 6.30. The van der Waals surface area contributed by atoms with E-state index in [0.717, 1.165) is 10.8 Å². The highest BCUT2D eigenvalue weighted by Gasteiger charge is 2.10. The molecule has 0 saturated heterocycles. The Labute approximate surface area is 115 Å². The Hall–Kier alpha value is -2.19. The molecule has 1 aromatic heterocycles. The molecule has 92 valence electrons. The smallest absolute Gasteiger partial charge is 0.211 e. The fraction of sp³-hybridized carbons (Fsp3) is 0. The first-order valence-electron chi connectivity index (χ1n) is 5.89. The molecule has 0 bridgehead atoms. The summed E-state index contributed by atoms with van der Waals surface area (Å²) in [5, 5.41) is 2.68. The largest absolute Gasteiger partial charge is 0.287 e. The van der Waals surface area contributed by atoms with Gasteiger partial charge in [-0.15, -0.1) is 0 Å². The number of rotatable bonds is 2. The summed E-state index contributed by atoms with van der Waals surface area (Å²) in [7, 11) is 0. The molecule has 3 rings (SSSR count). The summed E-state index contributed by atoms with van der Waals surface area (Å²) in [6, 6.07) is 16.9. The van der Waals surface area contributed by atoms with Gasteiger partial charge in [-0.3, -0.25) is 9.78 Å². The van der Waals surface area contributed by atoms with E-state index in [2.05, 4.69) is 4.98 Å². The number of halogens is 1. The summed E-state index contributed by atoms with van der Waals surface area (Å²) in [6.07, 6.45) is 1.48. The first-order valence-corrected chi connectivity index (χ1v) is 6.27. The van der Waals surface area contributed by atoms with Gasteiger partial charge < -0.3 is 0 Å². The van der Waals surface area contributed by atoms with E-state index in [1.54, 1.807) is 12.1 Å². The molecule has 0 spiro atoms. The van der Waals surface area contributed by atoms with E-state index in [4.69, 9.17) is 11.6 Å². The SMILES string of the molecule is O=C(c1ccc2ccccc2c1)c1ccc(Cl)cn1. The number of hydrogen-bond donors (Lipinski definition) is 0. The lowest BCUT2D eigenvalue weighted by atomic mass is 10.0. The van der Waals surface area contributed by atoms with E-state index in [-0.39, 0.29) is 5.78 Å². The van der Waals surface area contributed by atoms with Crippen LogP contribution in [0.3, 0.4) is 0 Å². The first kappa shape index (κ1) is 11.9. The molecule has 0 aliphatic carbocycles. The molecule has 0 atom stereocenters. The van der Waals surface area contributed by atoms with Crippen LogP contribution in [0.25, 0.3) is 10.8 Å². The van der Waals surface area contributed by atoms with Crippen molar-refractivity contribution in [3.05, 3.63) is 77.1 Å². The van der Waals surface area contributed by atoms with Gasteiger partial charge in [-0.1, -0.05) is 48.0 Å². The number of nitrogens with zero attached hydrogens (tertiary/aromatic N) is 1. The third-order valence-corrected chi connectivity index (χ3v) is 3.20. The second-order valence-electron chi connectivity index (χ2n) is 4.25. The van der Waals surface area contributed by atoms with Crippen LogP contribution < -0.4 is 0 Å². The Morgan fingerprint density at radius 1 is 0.947 bits per heavy atom. The lowest BCUT2D eigenvalue weighted by molar-refractivity contribution is 0.103. The summed E-state index contributed by atoms with van der Waals surface area (Å²) in [5.74, 6) is -0.0950. The molecular formula is C16H10ClNO. The van der Waals surface area contributed by atoms with Gasteiger partial charge in [-0.2, -0.15) is 0 Å². The van der Waals surface area contributed by atoms with E-state index in [1.807, 2.05) is 42.5 Å². The van der Waals surface area contributed by atoms with Gasteiger partial charge in [0.25, 0.3) is 0 Å². The molecule has 0 fully saturated rings. The zero-order valence-electron chi connectivity index (χ0n) is 10.0. The molecule has 0 radical (unpaired) electrons. The van der Waals surface area contributed by atoms with Crippen molar-refractivity contribution in [2.24, 2.45) is 0 Å². The minimum Gasteiger partial charge on any atom is -0.287 e. The van der Waals surface area contributed by atoms with Gasteiger partial charge >= 0.3 is 0 Å². The van der Waals surface area contributed by atoms with E-state index in [0.29, 0.717) is 16.3 Å². The van der Waals surface area contributed by atoms with Gasteiger partial charge in [-0.25, -0.2) is 0 Å². The molecule has 2 nitrogen and oxygen atoms in total. The average molecular weight is 268 g/mol. The lowest BCUT2D eigenvalue weighted by Gasteiger charge is -2.03. The topological polar surface area (TPSA) is 30.0 Å². The van der Waals surface area contributed by atoms with Crippen LogP contribution in [-0.4, -0.2) is 10.8 Å². The van der Waals surface area contributed by atoms with E-state index >= 15 is 0 Å². The van der Waals surface area contributed by atoms with E-state index in [1.165, 1.54) is 6.20 Å². The van der Waals surface area contributed by atoms with Crippen LogP contribution in [-0.2, 0) is 0 Å². The predicted octanol–water partition coefficient (Wildman–Crippen LogP) is 4.12. The zero-order chi connectivity index (χ0) is 13.2. The summed E-state index contributed by atoms with van der Waals surface area (Å²) in [5.41, 5.74) is 1.04. The average Bonchev–Trinajstić information content (AvgIpc) is 2.47. The molecule has 2 aromatic carbocycles. The monoisotopic (exact) mass is 267 g/mol. The van der Waals surface area contributed by atoms with Crippen molar-refractivity contribution >= 4 is 28.2 Å². The Morgan fingerprint density at radius 3 is 2.47 bits per heavy atom. The highest BCUT2D eigenvalue weighted by atomic mass is 35.5. The Morgan fingerprint density at radius 2 is 1.74 bits per heavy atom. The van der Waals surface area contributed by atoms with Crippen LogP contribution >= 0.6 is 11.6 Å². The number of fused-ring (bicyclic) bond motifs is 1. The maximum Gasteiger partial charge on any atom is 0.211 e. The first-order chi connectivity index (χ1) is 9.24. The van der Waals surface area contributed by atoms with Crippen LogP contribution in [0.1, 0.15) is 16.1 Å². The van der Waals surface area contributed by atoms with Crippen LogP contribution in [0, 0.1) is 0 Å². The summed E-state index contributed by atoms with van der Waals surface area (Å²) >= 11 is 5.77. The molecule has 0 aliphatic rings. The van der Waals surface area contributed by atoms with Gasteiger partial charge in [0.15, 0.2) is 0 Å². The van der Waals surface area contributed by atoms with Crippen LogP contribution in [0.5, 0.6) is 0 Å². The Kier molecular flexibility index (Phi) is 3.02. The molecule has 0 amide bonds. The van der Waals surface area contributed by atoms with Crippen molar-refractivity contribution in [3.8, 4) is 0 Å². The highest BCUT2D eigenvalue weighted by Crippen LogP contribution is 2.18. The maximum atomic E-state index is 12.3. The quantitative estimate of drug-likeness (QED) is 0.654. The van der Waals surface area contributed by atoms with Gasteiger partial charge in [0.05, 0.1) is 5.02 Å². The number of hydrogen-bond acceptors (Lipinski definition) is 2. The Bertz CT molecular complexity index is 750. The molecule has 3 heteroatoms. The van der Waals surface area contributed by atoms with Gasteiger partial charge in [0.1, 0.15) is 5.69 Å². The fourth-order valence-corrected chi connectivity index (χ4v) is 2.10. The molecule has 0 unspecified atom stereocenters. The second-order valence-corrected chi connectivity index (χ2v) is 4.69. The lowest BCUT2D eigenvalue weighted by Crippen LogP contribution is -2.03. The number of ketones is 1. The number of aromatic nitrogens is 1. The van der Waals surface area contributed by atoms with Crippen LogP contribution in [0.4, 0.5) is 0 Å². The van der Waals surface area contributed by atoms with Crippen LogP contribution in [0.2, 0.25) is 5.02 Å². The predicted molar refractivity (Wildman–Crippen MR) is 76.6 cm³/mol. The van der Waals surface area contributed by atoms with Gasteiger partial charge in [0.2, 0.25) is 5.78 Å². The number of benzene rings is 2. The molecule has 0 N–H and O–H groups in total. The number of pyridine rings is 1. The minimum atomic E-state index is -0.0950. The van der Waals surface area contributed by atoms with Gasteiger partial charge in [0, 0.05) is 11.8 Å². The van der Waals surface area contributed by atoms with Crippen molar-refractivity contribution in [1.29, 1.82) is 0 Å². The van der Waals surface area contributed by atoms with Crippen molar-refractivity contribution in [3.63, 3.8) is 0 Å². The van der Waals surface area contributed by atoms with Crippen LogP contribution in [0.15, 0.2) is 60.8 Å². The second kappa shape index (κ2) is 4.82. The van der Waals surface area contributed by atoms with Crippen molar-refractivity contribution < 1.29 is 4.79 Å². The normalized spacial score (nSPS) is 10.6. The summed E-state index contributed by atoms with van der Waals surface area (Å²) < 4.78 is 0. The van der Waals surface area contributed by atoms with Gasteiger partial charge in [-0.05, 0) is 29.0 Å². The molecule has 3 aromatic rings. The number of carbonyl (C=O) groups is 1.